The van der Waals surface area contributed by atoms with Gasteiger partial charge in [0.05, 0.1) is 6.54 Å². The molecule has 0 unspecified atom stereocenters. The first-order valence-corrected chi connectivity index (χ1v) is 8.63. The summed E-state index contributed by atoms with van der Waals surface area (Å²) in [5, 5.41) is 8.70. The van der Waals surface area contributed by atoms with Crippen LogP contribution >= 0.6 is 0 Å². The van der Waals surface area contributed by atoms with Crippen molar-refractivity contribution in [2.75, 3.05) is 27.2 Å². The molecular weight excluding hydrogens is 324 g/mol. The van der Waals surface area contributed by atoms with Crippen molar-refractivity contribution in [3.05, 3.63) is 47.0 Å². The molecule has 0 saturated carbocycles. The standard InChI is InChI=1S/C18H25F2N5/c1-23(2)12-17-21-22-18(24(17)3)13-6-8-25(9-7-13)11-14-4-5-15(19)10-16(14)20/h4-5,10,13H,6-9,11-12H2,1-3H3. The summed E-state index contributed by atoms with van der Waals surface area (Å²) in [6.45, 7) is 3.03. The van der Waals surface area contributed by atoms with Crippen molar-refractivity contribution in [3.8, 4) is 0 Å². The largest absolute Gasteiger partial charge is 0.317 e. The Kier molecular flexibility index (Phi) is 5.44. The molecule has 5 nitrogen and oxygen atoms in total. The second-order valence-corrected chi connectivity index (χ2v) is 7.06. The van der Waals surface area contributed by atoms with Crippen molar-refractivity contribution in [2.24, 2.45) is 7.05 Å². The molecule has 0 aliphatic carbocycles. The molecule has 0 radical (unpaired) electrons. The van der Waals surface area contributed by atoms with E-state index in [1.807, 2.05) is 21.1 Å². The Hall–Kier alpha value is -1.86. The summed E-state index contributed by atoms with van der Waals surface area (Å²) in [7, 11) is 6.05. The van der Waals surface area contributed by atoms with Crippen LogP contribution in [0.15, 0.2) is 18.2 Å². The van der Waals surface area contributed by atoms with Gasteiger partial charge in [-0.25, -0.2) is 8.78 Å². The van der Waals surface area contributed by atoms with Gasteiger partial charge in [0.1, 0.15) is 23.3 Å². The number of aromatic nitrogens is 3. The quantitative estimate of drug-likeness (QED) is 0.831. The molecule has 25 heavy (non-hydrogen) atoms. The fraction of sp³-hybridized carbons (Fsp3) is 0.556. The van der Waals surface area contributed by atoms with E-state index in [1.54, 1.807) is 0 Å². The molecule has 0 atom stereocenters. The molecular formula is C18H25F2N5. The Bertz CT molecular complexity index is 720. The number of benzene rings is 1. The van der Waals surface area contributed by atoms with Gasteiger partial charge in [0, 0.05) is 31.1 Å². The highest BCUT2D eigenvalue weighted by atomic mass is 19.1. The Morgan fingerprint density at radius 2 is 1.88 bits per heavy atom. The zero-order chi connectivity index (χ0) is 18.0. The summed E-state index contributed by atoms with van der Waals surface area (Å²) < 4.78 is 28.9. The van der Waals surface area contributed by atoms with Gasteiger partial charge in [0.25, 0.3) is 0 Å². The summed E-state index contributed by atoms with van der Waals surface area (Å²) in [4.78, 5) is 4.29. The Morgan fingerprint density at radius 3 is 2.52 bits per heavy atom. The second-order valence-electron chi connectivity index (χ2n) is 7.06. The van der Waals surface area contributed by atoms with Gasteiger partial charge in [-0.1, -0.05) is 6.07 Å². The summed E-state index contributed by atoms with van der Waals surface area (Å²) in [5.41, 5.74) is 0.548. The lowest BCUT2D eigenvalue weighted by Gasteiger charge is -2.31. The Morgan fingerprint density at radius 1 is 1.16 bits per heavy atom. The van der Waals surface area contributed by atoms with E-state index in [2.05, 4.69) is 24.6 Å². The Labute approximate surface area is 147 Å². The molecule has 136 valence electrons. The molecule has 3 rings (SSSR count). The lowest BCUT2D eigenvalue weighted by atomic mass is 9.95. The lowest BCUT2D eigenvalue weighted by Crippen LogP contribution is -2.33. The molecule has 0 N–H and O–H groups in total. The molecule has 0 bridgehead atoms. The first-order chi connectivity index (χ1) is 11.9. The molecule has 1 fully saturated rings. The van der Waals surface area contributed by atoms with Crippen LogP contribution in [-0.4, -0.2) is 51.7 Å². The maximum atomic E-state index is 13.8. The van der Waals surface area contributed by atoms with Gasteiger partial charge in [-0.15, -0.1) is 10.2 Å². The van der Waals surface area contributed by atoms with Gasteiger partial charge >= 0.3 is 0 Å². The monoisotopic (exact) mass is 349 g/mol. The van der Waals surface area contributed by atoms with Crippen molar-refractivity contribution >= 4 is 0 Å². The minimum Gasteiger partial charge on any atom is -0.317 e. The smallest absolute Gasteiger partial charge is 0.146 e. The summed E-state index contributed by atoms with van der Waals surface area (Å²) >= 11 is 0. The van der Waals surface area contributed by atoms with Crippen molar-refractivity contribution in [3.63, 3.8) is 0 Å². The minimum absolute atomic E-state index is 0.378. The maximum Gasteiger partial charge on any atom is 0.146 e. The molecule has 1 saturated heterocycles. The summed E-state index contributed by atoms with van der Waals surface area (Å²) in [6, 6.07) is 3.80. The van der Waals surface area contributed by atoms with Crippen molar-refractivity contribution < 1.29 is 8.78 Å². The highest BCUT2D eigenvalue weighted by Gasteiger charge is 2.25. The van der Waals surface area contributed by atoms with Gasteiger partial charge in [-0.3, -0.25) is 4.90 Å². The third-order valence-corrected chi connectivity index (χ3v) is 4.82. The van der Waals surface area contributed by atoms with Gasteiger partial charge in [0.2, 0.25) is 0 Å². The number of hydrogen-bond donors (Lipinski definition) is 0. The lowest BCUT2D eigenvalue weighted by molar-refractivity contribution is 0.198. The van der Waals surface area contributed by atoms with Crippen LogP contribution in [0.25, 0.3) is 0 Å². The van der Waals surface area contributed by atoms with Gasteiger partial charge in [0.15, 0.2) is 0 Å². The summed E-state index contributed by atoms with van der Waals surface area (Å²) in [6.07, 6.45) is 1.94. The molecule has 1 aliphatic heterocycles. The number of hydrogen-bond acceptors (Lipinski definition) is 4. The zero-order valence-corrected chi connectivity index (χ0v) is 15.0. The van der Waals surface area contributed by atoms with E-state index >= 15 is 0 Å². The number of likely N-dealkylation sites (tertiary alicyclic amines) is 1. The normalized spacial score (nSPS) is 16.7. The number of rotatable bonds is 5. The molecule has 2 aromatic rings. The molecule has 1 aromatic carbocycles. The molecule has 0 spiro atoms. The average Bonchev–Trinajstić information content (AvgIpc) is 2.91. The van der Waals surface area contributed by atoms with Crippen LogP contribution in [0.5, 0.6) is 0 Å². The second kappa shape index (κ2) is 7.58. The third-order valence-electron chi connectivity index (χ3n) is 4.82. The topological polar surface area (TPSA) is 37.2 Å². The molecule has 0 amide bonds. The minimum atomic E-state index is -0.532. The van der Waals surface area contributed by atoms with E-state index in [9.17, 15) is 8.78 Å². The van der Waals surface area contributed by atoms with Crippen LogP contribution in [0.3, 0.4) is 0 Å². The third kappa shape index (κ3) is 4.22. The highest BCUT2D eigenvalue weighted by molar-refractivity contribution is 5.18. The number of halogens is 2. The SMILES string of the molecule is CN(C)Cc1nnc(C2CCN(Cc3ccc(F)cc3F)CC2)n1C. The Balaban J connectivity index is 1.59. The van der Waals surface area contributed by atoms with Crippen LogP contribution < -0.4 is 0 Å². The van der Waals surface area contributed by atoms with Gasteiger partial charge in [-0.05, 0) is 46.1 Å². The van der Waals surface area contributed by atoms with Crippen LogP contribution in [0.4, 0.5) is 8.78 Å². The van der Waals surface area contributed by atoms with Gasteiger partial charge in [-0.2, -0.15) is 0 Å². The fourth-order valence-corrected chi connectivity index (χ4v) is 3.39. The van der Waals surface area contributed by atoms with E-state index in [0.29, 0.717) is 18.0 Å². The van der Waals surface area contributed by atoms with Gasteiger partial charge < -0.3 is 9.47 Å². The average molecular weight is 349 g/mol. The van der Waals surface area contributed by atoms with Crippen LogP contribution in [-0.2, 0) is 20.1 Å². The molecule has 7 heteroatoms. The predicted molar refractivity (Wildman–Crippen MR) is 92.0 cm³/mol. The zero-order valence-electron chi connectivity index (χ0n) is 15.0. The van der Waals surface area contributed by atoms with Crippen molar-refractivity contribution in [1.29, 1.82) is 0 Å². The maximum absolute atomic E-state index is 13.8. The predicted octanol–water partition coefficient (Wildman–Crippen LogP) is 2.53. The van der Waals surface area contributed by atoms with Crippen molar-refractivity contribution in [1.82, 2.24) is 24.6 Å². The number of piperidine rings is 1. The first kappa shape index (κ1) is 17.9. The van der Waals surface area contributed by atoms with Crippen LogP contribution in [0, 0.1) is 11.6 Å². The van der Waals surface area contributed by atoms with Crippen LogP contribution in [0.1, 0.15) is 36.0 Å². The summed E-state index contributed by atoms with van der Waals surface area (Å²) in [5.74, 6) is 1.38. The van der Waals surface area contributed by atoms with Crippen molar-refractivity contribution in [2.45, 2.75) is 31.8 Å². The first-order valence-electron chi connectivity index (χ1n) is 8.63. The molecule has 1 aliphatic rings. The molecule has 1 aromatic heterocycles. The van der Waals surface area contributed by atoms with E-state index in [-0.39, 0.29) is 0 Å². The van der Waals surface area contributed by atoms with E-state index in [1.165, 1.54) is 12.1 Å². The van der Waals surface area contributed by atoms with E-state index in [4.69, 9.17) is 0 Å². The van der Waals surface area contributed by atoms with Crippen LogP contribution in [0.2, 0.25) is 0 Å². The highest BCUT2D eigenvalue weighted by Crippen LogP contribution is 2.28. The number of nitrogens with zero attached hydrogens (tertiary/aromatic N) is 5. The molecule has 2 heterocycles. The van der Waals surface area contributed by atoms with E-state index < -0.39 is 11.6 Å². The van der Waals surface area contributed by atoms with E-state index in [0.717, 1.165) is 50.2 Å². The fourth-order valence-electron chi connectivity index (χ4n) is 3.39.